The molecule has 1 N–H and O–H groups in total. The van der Waals surface area contributed by atoms with Crippen LogP contribution >= 0.6 is 0 Å². The van der Waals surface area contributed by atoms with Crippen LogP contribution in [0.5, 0.6) is 17.2 Å². The first-order valence-electron chi connectivity index (χ1n) is 8.18. The minimum Gasteiger partial charge on any atom is -0.497 e. The normalized spacial score (nSPS) is 11.8. The van der Waals surface area contributed by atoms with Crippen molar-refractivity contribution < 1.29 is 23.8 Å². The number of nitrogens with one attached hydrogen (secondary N) is 1. The molecule has 0 atom stereocenters. The van der Waals surface area contributed by atoms with Crippen LogP contribution in [0.2, 0.25) is 0 Å². The lowest BCUT2D eigenvalue weighted by atomic mass is 10.2. The van der Waals surface area contributed by atoms with Crippen molar-refractivity contribution in [2.24, 2.45) is 0 Å². The van der Waals surface area contributed by atoms with Crippen molar-refractivity contribution in [3.05, 3.63) is 42.5 Å². The molecule has 3 rings (SSSR count). The average Bonchev–Trinajstić information content (AvgIpc) is 3.10. The van der Waals surface area contributed by atoms with Gasteiger partial charge in [-0.25, -0.2) is 0 Å². The van der Waals surface area contributed by atoms with Gasteiger partial charge in [-0.05, 0) is 36.4 Å². The van der Waals surface area contributed by atoms with Gasteiger partial charge in [0.2, 0.25) is 18.6 Å². The van der Waals surface area contributed by atoms with E-state index in [4.69, 9.17) is 14.2 Å². The number of ether oxygens (including phenoxy) is 3. The maximum absolute atomic E-state index is 12.2. The highest BCUT2D eigenvalue weighted by atomic mass is 16.7. The molecule has 2 aromatic rings. The number of methoxy groups -OCH3 is 1. The monoisotopic (exact) mass is 356 g/mol. The molecule has 0 fully saturated rings. The molecule has 1 aliphatic heterocycles. The summed E-state index contributed by atoms with van der Waals surface area (Å²) in [5.74, 6) is 1.63. The number of nitrogens with zero attached hydrogens (tertiary/aromatic N) is 1. The van der Waals surface area contributed by atoms with Crippen molar-refractivity contribution in [3.8, 4) is 17.2 Å². The molecular weight excluding hydrogens is 336 g/mol. The number of fused-ring (bicyclic) bond motifs is 1. The third kappa shape index (κ3) is 4.05. The van der Waals surface area contributed by atoms with E-state index in [-0.39, 0.29) is 31.6 Å². The van der Waals surface area contributed by atoms with Gasteiger partial charge in [0.05, 0.1) is 7.11 Å². The Labute approximate surface area is 151 Å². The van der Waals surface area contributed by atoms with Crippen molar-refractivity contribution in [3.63, 3.8) is 0 Å². The van der Waals surface area contributed by atoms with E-state index in [9.17, 15) is 9.59 Å². The lowest BCUT2D eigenvalue weighted by Crippen LogP contribution is -2.31. The molecule has 0 bridgehead atoms. The molecule has 2 amide bonds. The highest BCUT2D eigenvalue weighted by Crippen LogP contribution is 2.35. The van der Waals surface area contributed by atoms with Crippen LogP contribution in [0.3, 0.4) is 0 Å². The minimum absolute atomic E-state index is 0.152. The maximum Gasteiger partial charge on any atom is 0.231 e. The van der Waals surface area contributed by atoms with Crippen molar-refractivity contribution in [2.75, 3.05) is 30.7 Å². The summed E-state index contributed by atoms with van der Waals surface area (Å²) < 4.78 is 15.7. The molecule has 2 aromatic carbocycles. The van der Waals surface area contributed by atoms with Crippen LogP contribution in [-0.2, 0) is 9.59 Å². The molecule has 0 spiro atoms. The summed E-state index contributed by atoms with van der Waals surface area (Å²) in [6, 6.07) is 12.3. The molecule has 0 unspecified atom stereocenters. The summed E-state index contributed by atoms with van der Waals surface area (Å²) >= 11 is 0. The van der Waals surface area contributed by atoms with Gasteiger partial charge in [0.25, 0.3) is 0 Å². The number of anilines is 2. The van der Waals surface area contributed by atoms with Gasteiger partial charge in [-0.15, -0.1) is 0 Å². The first-order valence-corrected chi connectivity index (χ1v) is 8.18. The Balaban J connectivity index is 1.61. The molecule has 7 nitrogen and oxygen atoms in total. The molecule has 0 aliphatic carbocycles. The van der Waals surface area contributed by atoms with E-state index in [1.165, 1.54) is 11.8 Å². The lowest BCUT2D eigenvalue weighted by molar-refractivity contribution is -0.117. The molecule has 1 heterocycles. The van der Waals surface area contributed by atoms with Gasteiger partial charge in [-0.3, -0.25) is 9.59 Å². The number of carbonyl (C=O) groups excluding carboxylic acids is 2. The van der Waals surface area contributed by atoms with Crippen molar-refractivity contribution in [2.45, 2.75) is 13.3 Å². The first-order chi connectivity index (χ1) is 12.6. The Bertz CT molecular complexity index is 804. The standard InChI is InChI=1S/C19H20N2O5/c1-13(22)21(15-5-8-17-18(11-15)26-12-25-17)10-9-19(23)20-14-3-6-16(24-2)7-4-14/h3-8,11H,9-10,12H2,1-2H3,(H,20,23). The molecule has 1 aliphatic rings. The quantitative estimate of drug-likeness (QED) is 0.861. The van der Waals surface area contributed by atoms with Gasteiger partial charge in [-0.1, -0.05) is 0 Å². The third-order valence-electron chi connectivity index (χ3n) is 3.98. The summed E-state index contributed by atoms with van der Waals surface area (Å²) in [6.45, 7) is 1.89. The Morgan fingerprint density at radius 3 is 2.54 bits per heavy atom. The first kappa shape index (κ1) is 17.6. The molecule has 0 aromatic heterocycles. The fourth-order valence-electron chi connectivity index (χ4n) is 2.63. The topological polar surface area (TPSA) is 77.1 Å². The lowest BCUT2D eigenvalue weighted by Gasteiger charge is -2.21. The second-order valence-corrected chi connectivity index (χ2v) is 5.73. The zero-order valence-corrected chi connectivity index (χ0v) is 14.7. The van der Waals surface area contributed by atoms with E-state index in [2.05, 4.69) is 5.32 Å². The fourth-order valence-corrected chi connectivity index (χ4v) is 2.63. The predicted octanol–water partition coefficient (Wildman–Crippen LogP) is 2.81. The summed E-state index contributed by atoms with van der Waals surface area (Å²) in [5.41, 5.74) is 1.34. The van der Waals surface area contributed by atoms with E-state index in [0.29, 0.717) is 28.6 Å². The van der Waals surface area contributed by atoms with Gasteiger partial charge in [0, 0.05) is 37.3 Å². The van der Waals surface area contributed by atoms with Gasteiger partial charge in [-0.2, -0.15) is 0 Å². The van der Waals surface area contributed by atoms with E-state index < -0.39 is 0 Å². The van der Waals surface area contributed by atoms with E-state index in [1.807, 2.05) is 0 Å². The Hall–Kier alpha value is -3.22. The second-order valence-electron chi connectivity index (χ2n) is 5.73. The highest BCUT2D eigenvalue weighted by molar-refractivity contribution is 5.95. The Morgan fingerprint density at radius 1 is 1.12 bits per heavy atom. The van der Waals surface area contributed by atoms with Crippen LogP contribution in [0.4, 0.5) is 11.4 Å². The van der Waals surface area contributed by atoms with Gasteiger partial charge in [0.15, 0.2) is 11.5 Å². The summed E-state index contributed by atoms with van der Waals surface area (Å²) in [6.07, 6.45) is 0.167. The Morgan fingerprint density at radius 2 is 1.85 bits per heavy atom. The van der Waals surface area contributed by atoms with Gasteiger partial charge in [0.1, 0.15) is 5.75 Å². The number of benzene rings is 2. The smallest absolute Gasteiger partial charge is 0.231 e. The van der Waals surface area contributed by atoms with E-state index >= 15 is 0 Å². The number of carbonyl (C=O) groups is 2. The third-order valence-corrected chi connectivity index (χ3v) is 3.98. The molecule has 136 valence electrons. The van der Waals surface area contributed by atoms with Crippen LogP contribution in [0, 0.1) is 0 Å². The molecule has 0 saturated carbocycles. The SMILES string of the molecule is COc1ccc(NC(=O)CCN(C(C)=O)c2ccc3c(c2)OCO3)cc1. The number of hydrogen-bond acceptors (Lipinski definition) is 5. The zero-order valence-electron chi connectivity index (χ0n) is 14.7. The highest BCUT2D eigenvalue weighted by Gasteiger charge is 2.19. The van der Waals surface area contributed by atoms with Crippen LogP contribution in [0.15, 0.2) is 42.5 Å². The molecule has 0 radical (unpaired) electrons. The van der Waals surface area contributed by atoms with Crippen molar-refractivity contribution in [1.82, 2.24) is 0 Å². The van der Waals surface area contributed by atoms with E-state index in [0.717, 1.165) is 0 Å². The second kappa shape index (κ2) is 7.77. The number of rotatable bonds is 6. The minimum atomic E-state index is -0.179. The number of hydrogen-bond donors (Lipinski definition) is 1. The molecule has 26 heavy (non-hydrogen) atoms. The molecule has 0 saturated heterocycles. The fraction of sp³-hybridized carbons (Fsp3) is 0.263. The largest absolute Gasteiger partial charge is 0.497 e. The van der Waals surface area contributed by atoms with Crippen molar-refractivity contribution in [1.29, 1.82) is 0 Å². The average molecular weight is 356 g/mol. The predicted molar refractivity (Wildman–Crippen MR) is 96.8 cm³/mol. The summed E-state index contributed by atoms with van der Waals surface area (Å²) in [7, 11) is 1.58. The Kier molecular flexibility index (Phi) is 5.26. The van der Waals surface area contributed by atoms with Crippen LogP contribution in [0.25, 0.3) is 0 Å². The zero-order chi connectivity index (χ0) is 18.5. The number of amides is 2. The van der Waals surface area contributed by atoms with E-state index in [1.54, 1.807) is 49.6 Å². The van der Waals surface area contributed by atoms with Gasteiger partial charge < -0.3 is 24.4 Å². The van der Waals surface area contributed by atoms with Gasteiger partial charge >= 0.3 is 0 Å². The summed E-state index contributed by atoms with van der Waals surface area (Å²) in [4.78, 5) is 25.7. The van der Waals surface area contributed by atoms with Crippen LogP contribution in [-0.4, -0.2) is 32.3 Å². The maximum atomic E-state index is 12.2. The van der Waals surface area contributed by atoms with Crippen molar-refractivity contribution >= 4 is 23.2 Å². The molecular formula is C19H20N2O5. The molecule has 7 heteroatoms. The summed E-state index contributed by atoms with van der Waals surface area (Å²) in [5, 5.41) is 2.80. The van der Waals surface area contributed by atoms with Crippen LogP contribution in [0.1, 0.15) is 13.3 Å². The van der Waals surface area contributed by atoms with Crippen LogP contribution < -0.4 is 24.4 Å².